The van der Waals surface area contributed by atoms with E-state index < -0.39 is 0 Å². The largest absolute Gasteiger partial charge is 0.346 e. The molecule has 2 N–H and O–H groups in total. The molecule has 0 aliphatic rings. The van der Waals surface area contributed by atoms with Crippen LogP contribution in [0.4, 0.5) is 5.69 Å². The Labute approximate surface area is 155 Å². The monoisotopic (exact) mass is 353 g/mol. The van der Waals surface area contributed by atoms with Gasteiger partial charge in [-0.25, -0.2) is 0 Å². The molecule has 0 unspecified atom stereocenters. The van der Waals surface area contributed by atoms with Gasteiger partial charge in [0.2, 0.25) is 11.8 Å². The summed E-state index contributed by atoms with van der Waals surface area (Å²) in [7, 11) is 1.89. The fraction of sp³-hybridized carbons (Fsp3) is 0.333. The molecule has 0 aliphatic heterocycles. The van der Waals surface area contributed by atoms with Crippen LogP contribution < -0.4 is 10.6 Å². The van der Waals surface area contributed by atoms with E-state index in [9.17, 15) is 9.59 Å². The van der Waals surface area contributed by atoms with Crippen molar-refractivity contribution in [1.82, 2.24) is 10.2 Å². The van der Waals surface area contributed by atoms with Crippen LogP contribution in [-0.2, 0) is 22.6 Å². The molecule has 0 saturated heterocycles. The van der Waals surface area contributed by atoms with Crippen molar-refractivity contribution in [1.29, 1.82) is 0 Å². The minimum Gasteiger partial charge on any atom is -0.346 e. The highest BCUT2D eigenvalue weighted by Crippen LogP contribution is 2.15. The summed E-state index contributed by atoms with van der Waals surface area (Å²) in [6.07, 6.45) is 0.840. The Morgan fingerprint density at radius 1 is 0.962 bits per heavy atom. The number of benzene rings is 2. The van der Waals surface area contributed by atoms with Crippen LogP contribution in [0.1, 0.15) is 23.6 Å². The first-order valence-corrected chi connectivity index (χ1v) is 8.87. The van der Waals surface area contributed by atoms with Gasteiger partial charge in [-0.15, -0.1) is 0 Å². The van der Waals surface area contributed by atoms with E-state index in [1.165, 1.54) is 11.1 Å². The molecule has 0 fully saturated rings. The topological polar surface area (TPSA) is 61.4 Å². The number of likely N-dealkylation sites (N-methyl/N-ethyl adjacent to an activating group) is 1. The van der Waals surface area contributed by atoms with Crippen LogP contribution in [0.25, 0.3) is 0 Å². The Balaban J connectivity index is 1.77. The Morgan fingerprint density at radius 3 is 2.31 bits per heavy atom. The number of nitrogens with one attached hydrogen (secondary N) is 2. The lowest BCUT2D eigenvalue weighted by molar-refractivity contribution is -0.124. The van der Waals surface area contributed by atoms with Crippen LogP contribution in [0, 0.1) is 6.92 Å². The van der Waals surface area contributed by atoms with E-state index in [-0.39, 0.29) is 24.9 Å². The zero-order valence-electron chi connectivity index (χ0n) is 15.7. The Morgan fingerprint density at radius 2 is 1.62 bits per heavy atom. The highest BCUT2D eigenvalue weighted by Gasteiger charge is 2.11. The summed E-state index contributed by atoms with van der Waals surface area (Å²) < 4.78 is 0. The number of nitrogens with zero attached hydrogens (tertiary/aromatic N) is 1. The van der Waals surface area contributed by atoms with E-state index in [1.54, 1.807) is 0 Å². The van der Waals surface area contributed by atoms with Crippen LogP contribution in [0.5, 0.6) is 0 Å². The summed E-state index contributed by atoms with van der Waals surface area (Å²) in [6, 6.07) is 15.8. The number of para-hydroxylation sites is 1. The summed E-state index contributed by atoms with van der Waals surface area (Å²) in [4.78, 5) is 26.1. The number of anilines is 1. The summed E-state index contributed by atoms with van der Waals surface area (Å²) >= 11 is 0. The number of hydrogen-bond donors (Lipinski definition) is 2. The molecule has 0 atom stereocenters. The summed E-state index contributed by atoms with van der Waals surface area (Å²) in [5.41, 5.74) is 4.27. The van der Waals surface area contributed by atoms with Gasteiger partial charge in [0.25, 0.3) is 0 Å². The molecule has 0 spiro atoms. The number of carbonyl (C=O) groups is 2. The average molecular weight is 353 g/mol. The molecule has 26 heavy (non-hydrogen) atoms. The van der Waals surface area contributed by atoms with Gasteiger partial charge in [-0.2, -0.15) is 0 Å². The van der Waals surface area contributed by atoms with Gasteiger partial charge in [0.05, 0.1) is 13.1 Å². The maximum absolute atomic E-state index is 12.1. The highest BCUT2D eigenvalue weighted by atomic mass is 16.2. The molecule has 5 nitrogen and oxygen atoms in total. The predicted molar refractivity (Wildman–Crippen MR) is 105 cm³/mol. The van der Waals surface area contributed by atoms with Gasteiger partial charge in [0.15, 0.2) is 0 Å². The maximum Gasteiger partial charge on any atom is 0.243 e. The van der Waals surface area contributed by atoms with E-state index in [0.29, 0.717) is 6.54 Å². The molecule has 2 rings (SSSR count). The Hall–Kier alpha value is -2.66. The van der Waals surface area contributed by atoms with Gasteiger partial charge in [-0.1, -0.05) is 49.4 Å². The first-order chi connectivity index (χ1) is 12.5. The second kappa shape index (κ2) is 9.73. The molecule has 0 heterocycles. The van der Waals surface area contributed by atoms with Crippen LogP contribution >= 0.6 is 0 Å². The SMILES string of the molecule is CCc1ccccc1NC(=O)CNC(=O)CN(C)Cc1ccccc1C. The highest BCUT2D eigenvalue weighted by molar-refractivity contribution is 5.95. The lowest BCUT2D eigenvalue weighted by atomic mass is 10.1. The quantitative estimate of drug-likeness (QED) is 0.767. The van der Waals surface area contributed by atoms with Gasteiger partial charge in [-0.3, -0.25) is 14.5 Å². The van der Waals surface area contributed by atoms with Crippen LogP contribution in [0.15, 0.2) is 48.5 Å². The molecule has 0 saturated carbocycles. The van der Waals surface area contributed by atoms with Crippen molar-refractivity contribution >= 4 is 17.5 Å². The molecule has 0 radical (unpaired) electrons. The van der Waals surface area contributed by atoms with Gasteiger partial charge in [0.1, 0.15) is 0 Å². The van der Waals surface area contributed by atoms with E-state index >= 15 is 0 Å². The molecule has 0 bridgehead atoms. The van der Waals surface area contributed by atoms with E-state index in [1.807, 2.05) is 55.3 Å². The molecule has 0 aromatic heterocycles. The van der Waals surface area contributed by atoms with E-state index in [4.69, 9.17) is 0 Å². The summed E-state index contributed by atoms with van der Waals surface area (Å²) in [5.74, 6) is -0.388. The third-order valence-electron chi connectivity index (χ3n) is 4.23. The normalized spacial score (nSPS) is 10.6. The molecule has 5 heteroatoms. The Kier molecular flexibility index (Phi) is 7.36. The first kappa shape index (κ1) is 19.7. The van der Waals surface area contributed by atoms with E-state index in [0.717, 1.165) is 17.7 Å². The van der Waals surface area contributed by atoms with Crippen LogP contribution in [0.3, 0.4) is 0 Å². The molecule has 2 aromatic carbocycles. The minimum absolute atomic E-state index is 0.0327. The lowest BCUT2D eigenvalue weighted by Crippen LogP contribution is -2.39. The summed E-state index contributed by atoms with van der Waals surface area (Å²) in [5, 5.41) is 5.53. The van der Waals surface area contributed by atoms with E-state index in [2.05, 4.69) is 29.7 Å². The van der Waals surface area contributed by atoms with Crippen molar-refractivity contribution in [2.45, 2.75) is 26.8 Å². The zero-order valence-corrected chi connectivity index (χ0v) is 15.7. The third-order valence-corrected chi connectivity index (χ3v) is 4.23. The Bertz CT molecular complexity index is 758. The zero-order chi connectivity index (χ0) is 18.9. The average Bonchev–Trinajstić information content (AvgIpc) is 2.62. The number of aryl methyl sites for hydroxylation is 2. The van der Waals surface area contributed by atoms with Crippen molar-refractivity contribution in [2.75, 3.05) is 25.5 Å². The van der Waals surface area contributed by atoms with Gasteiger partial charge >= 0.3 is 0 Å². The molecular weight excluding hydrogens is 326 g/mol. The van der Waals surface area contributed by atoms with Crippen LogP contribution in [0.2, 0.25) is 0 Å². The van der Waals surface area contributed by atoms with Gasteiger partial charge in [-0.05, 0) is 43.1 Å². The minimum atomic E-state index is -0.221. The van der Waals surface area contributed by atoms with Gasteiger partial charge in [0, 0.05) is 12.2 Å². The number of carbonyl (C=O) groups excluding carboxylic acids is 2. The van der Waals surface area contributed by atoms with Crippen molar-refractivity contribution in [2.24, 2.45) is 0 Å². The van der Waals surface area contributed by atoms with Gasteiger partial charge < -0.3 is 10.6 Å². The number of rotatable bonds is 8. The molecular formula is C21H27N3O2. The molecule has 138 valence electrons. The standard InChI is InChI=1S/C21H27N3O2/c1-4-17-10-7-8-12-19(17)23-20(25)13-22-21(26)15-24(3)14-18-11-6-5-9-16(18)2/h5-12H,4,13-15H2,1-3H3,(H,22,26)(H,23,25). The lowest BCUT2D eigenvalue weighted by Gasteiger charge is -2.17. The van der Waals surface area contributed by atoms with Crippen LogP contribution in [-0.4, -0.2) is 36.9 Å². The van der Waals surface area contributed by atoms with Crippen molar-refractivity contribution in [3.8, 4) is 0 Å². The predicted octanol–water partition coefficient (Wildman–Crippen LogP) is 2.74. The molecule has 2 aromatic rings. The first-order valence-electron chi connectivity index (χ1n) is 8.87. The second-order valence-corrected chi connectivity index (χ2v) is 6.43. The third kappa shape index (κ3) is 6.01. The molecule has 2 amide bonds. The van der Waals surface area contributed by atoms with Crippen molar-refractivity contribution < 1.29 is 9.59 Å². The molecule has 0 aliphatic carbocycles. The maximum atomic E-state index is 12.1. The smallest absolute Gasteiger partial charge is 0.243 e. The number of amides is 2. The fourth-order valence-electron chi connectivity index (χ4n) is 2.76. The second-order valence-electron chi connectivity index (χ2n) is 6.43. The fourth-order valence-corrected chi connectivity index (χ4v) is 2.76. The van der Waals surface area contributed by atoms with Crippen molar-refractivity contribution in [3.63, 3.8) is 0 Å². The number of hydrogen-bond acceptors (Lipinski definition) is 3. The summed E-state index contributed by atoms with van der Waals surface area (Å²) in [6.45, 7) is 5.00. The van der Waals surface area contributed by atoms with Crippen molar-refractivity contribution in [3.05, 3.63) is 65.2 Å².